The molecule has 0 spiro atoms. The number of hydrogen-bond donors (Lipinski definition) is 1. The number of carbonyl (C=O) groups is 2. The molecule has 0 aliphatic carbocycles. The Morgan fingerprint density at radius 2 is 2.07 bits per heavy atom. The first-order valence-corrected chi connectivity index (χ1v) is 5.60. The molecule has 0 saturated carbocycles. The van der Waals surface area contributed by atoms with Gasteiger partial charge in [0.15, 0.2) is 0 Å². The Morgan fingerprint density at radius 3 is 2.60 bits per heavy atom. The maximum atomic E-state index is 12.0. The van der Waals surface area contributed by atoms with Gasteiger partial charge >= 0.3 is 0 Å². The molecule has 1 rings (SSSR count). The fourth-order valence-corrected chi connectivity index (χ4v) is 2.04. The second-order valence-electron chi connectivity index (χ2n) is 4.30. The normalized spacial score (nSPS) is 23.4. The van der Waals surface area contributed by atoms with Crippen LogP contribution < -0.4 is 5.32 Å². The van der Waals surface area contributed by atoms with E-state index in [1.807, 2.05) is 4.90 Å². The first-order chi connectivity index (χ1) is 7.02. The molecule has 0 aromatic carbocycles. The van der Waals surface area contributed by atoms with E-state index in [9.17, 15) is 9.59 Å². The molecule has 15 heavy (non-hydrogen) atoms. The summed E-state index contributed by atoms with van der Waals surface area (Å²) < 4.78 is 0. The first kappa shape index (κ1) is 12.0. The van der Waals surface area contributed by atoms with Crippen LogP contribution in [0, 0.1) is 0 Å². The van der Waals surface area contributed by atoms with Crippen LogP contribution in [0.2, 0.25) is 0 Å². The van der Waals surface area contributed by atoms with Gasteiger partial charge in [-0.15, -0.1) is 0 Å². The molecule has 1 heterocycles. The molecule has 0 aromatic heterocycles. The fraction of sp³-hybridized carbons (Fsp3) is 0.818. The quantitative estimate of drug-likeness (QED) is 0.739. The van der Waals surface area contributed by atoms with Crippen LogP contribution in [0.25, 0.3) is 0 Å². The number of hydrogen-bond acceptors (Lipinski definition) is 2. The number of nitrogens with one attached hydrogen (secondary N) is 1. The van der Waals surface area contributed by atoms with Crippen molar-refractivity contribution in [1.29, 1.82) is 0 Å². The molecule has 0 bridgehead atoms. The Bertz CT molecular complexity index is 253. The summed E-state index contributed by atoms with van der Waals surface area (Å²) in [5, 5.41) is 2.63. The van der Waals surface area contributed by atoms with Gasteiger partial charge in [0.1, 0.15) is 6.04 Å². The zero-order valence-corrected chi connectivity index (χ0v) is 9.75. The van der Waals surface area contributed by atoms with Gasteiger partial charge in [-0.3, -0.25) is 9.59 Å². The predicted molar refractivity (Wildman–Crippen MR) is 58.3 cm³/mol. The maximum Gasteiger partial charge on any atom is 0.245 e. The third kappa shape index (κ3) is 3.22. The smallest absolute Gasteiger partial charge is 0.245 e. The Morgan fingerprint density at radius 1 is 1.40 bits per heavy atom. The summed E-state index contributed by atoms with van der Waals surface area (Å²) in [4.78, 5) is 24.7. The molecule has 1 N–H and O–H groups in total. The summed E-state index contributed by atoms with van der Waals surface area (Å²) >= 11 is 0. The van der Waals surface area contributed by atoms with Gasteiger partial charge in [0.25, 0.3) is 0 Å². The summed E-state index contributed by atoms with van der Waals surface area (Å²) in [6.07, 6.45) is 3.33. The van der Waals surface area contributed by atoms with Crippen molar-refractivity contribution in [3.8, 4) is 0 Å². The lowest BCUT2D eigenvalue weighted by Crippen LogP contribution is -2.51. The number of likely N-dealkylation sites (tertiary alicyclic amines) is 1. The Labute approximate surface area is 91.0 Å². The van der Waals surface area contributed by atoms with Crippen molar-refractivity contribution in [1.82, 2.24) is 10.2 Å². The summed E-state index contributed by atoms with van der Waals surface area (Å²) in [5.74, 6) is -0.113. The molecule has 0 radical (unpaired) electrons. The minimum Gasteiger partial charge on any atom is -0.345 e. The fourth-order valence-electron chi connectivity index (χ4n) is 2.04. The van der Waals surface area contributed by atoms with Crippen LogP contribution in [-0.2, 0) is 9.59 Å². The van der Waals surface area contributed by atoms with E-state index < -0.39 is 6.04 Å². The molecular formula is C11H20N2O2. The molecule has 1 aliphatic rings. The third-order valence-corrected chi connectivity index (χ3v) is 2.88. The van der Waals surface area contributed by atoms with Gasteiger partial charge in [0, 0.05) is 19.5 Å². The minimum atomic E-state index is -0.400. The molecule has 4 heteroatoms. The van der Waals surface area contributed by atoms with Gasteiger partial charge in [-0.2, -0.15) is 0 Å². The van der Waals surface area contributed by atoms with Crippen molar-refractivity contribution in [2.75, 3.05) is 6.54 Å². The first-order valence-electron chi connectivity index (χ1n) is 5.60. The van der Waals surface area contributed by atoms with E-state index in [2.05, 4.69) is 12.2 Å². The highest BCUT2D eigenvalue weighted by atomic mass is 16.2. The van der Waals surface area contributed by atoms with Crippen LogP contribution in [0.3, 0.4) is 0 Å². The van der Waals surface area contributed by atoms with Crippen molar-refractivity contribution < 1.29 is 9.59 Å². The molecule has 86 valence electrons. The summed E-state index contributed by atoms with van der Waals surface area (Å²) in [6.45, 7) is 6.07. The maximum absolute atomic E-state index is 12.0. The summed E-state index contributed by atoms with van der Waals surface area (Å²) in [7, 11) is 0. The van der Waals surface area contributed by atoms with Crippen molar-refractivity contribution in [2.45, 2.75) is 52.1 Å². The second-order valence-corrected chi connectivity index (χ2v) is 4.30. The summed E-state index contributed by atoms with van der Waals surface area (Å²) in [6, 6.07) is -0.0921. The van der Waals surface area contributed by atoms with Crippen LogP contribution in [0.4, 0.5) is 0 Å². The lowest BCUT2D eigenvalue weighted by Gasteiger charge is -2.35. The van der Waals surface area contributed by atoms with Crippen molar-refractivity contribution in [3.63, 3.8) is 0 Å². The van der Waals surface area contributed by atoms with Crippen LogP contribution >= 0.6 is 0 Å². The van der Waals surface area contributed by atoms with E-state index in [1.165, 1.54) is 13.3 Å². The third-order valence-electron chi connectivity index (χ3n) is 2.88. The Hall–Kier alpha value is -1.06. The van der Waals surface area contributed by atoms with E-state index in [0.717, 1.165) is 19.4 Å². The van der Waals surface area contributed by atoms with Gasteiger partial charge in [-0.1, -0.05) is 0 Å². The van der Waals surface area contributed by atoms with Crippen molar-refractivity contribution in [3.05, 3.63) is 0 Å². The van der Waals surface area contributed by atoms with Crippen LogP contribution in [0.15, 0.2) is 0 Å². The highest BCUT2D eigenvalue weighted by Gasteiger charge is 2.26. The molecular weight excluding hydrogens is 192 g/mol. The number of piperidine rings is 1. The van der Waals surface area contributed by atoms with Crippen molar-refractivity contribution >= 4 is 11.8 Å². The standard InChI is InChI=1S/C11H20N2O2/c1-8-6-4-5-7-13(8)11(15)9(2)12-10(3)14/h8-9H,4-7H2,1-3H3,(H,12,14). The largest absolute Gasteiger partial charge is 0.345 e. The van der Waals surface area contributed by atoms with Gasteiger partial charge in [-0.25, -0.2) is 0 Å². The van der Waals surface area contributed by atoms with E-state index in [4.69, 9.17) is 0 Å². The summed E-state index contributed by atoms with van der Waals surface area (Å²) in [5.41, 5.74) is 0. The molecule has 0 aromatic rings. The monoisotopic (exact) mass is 212 g/mol. The second kappa shape index (κ2) is 5.14. The van der Waals surface area contributed by atoms with E-state index in [1.54, 1.807) is 6.92 Å². The molecule has 1 saturated heterocycles. The molecule has 2 atom stereocenters. The highest BCUT2D eigenvalue weighted by molar-refractivity contribution is 5.86. The number of amides is 2. The van der Waals surface area contributed by atoms with E-state index in [0.29, 0.717) is 6.04 Å². The Balaban J connectivity index is 2.54. The molecule has 2 unspecified atom stereocenters. The zero-order valence-electron chi connectivity index (χ0n) is 9.75. The molecule has 4 nitrogen and oxygen atoms in total. The topological polar surface area (TPSA) is 49.4 Å². The molecule has 1 fully saturated rings. The SMILES string of the molecule is CC(=O)NC(C)C(=O)N1CCCCC1C. The van der Waals surface area contributed by atoms with Crippen LogP contribution in [0.1, 0.15) is 40.0 Å². The lowest BCUT2D eigenvalue weighted by atomic mass is 10.0. The van der Waals surface area contributed by atoms with Crippen LogP contribution in [0.5, 0.6) is 0 Å². The molecule has 2 amide bonds. The number of nitrogens with zero attached hydrogens (tertiary/aromatic N) is 1. The number of rotatable bonds is 2. The van der Waals surface area contributed by atoms with Gasteiger partial charge < -0.3 is 10.2 Å². The molecule has 1 aliphatic heterocycles. The number of carbonyl (C=O) groups excluding carboxylic acids is 2. The van der Waals surface area contributed by atoms with Gasteiger partial charge in [0.2, 0.25) is 11.8 Å². The highest BCUT2D eigenvalue weighted by Crippen LogP contribution is 2.17. The Kier molecular flexibility index (Phi) is 4.12. The average Bonchev–Trinajstić information content (AvgIpc) is 2.16. The van der Waals surface area contributed by atoms with Gasteiger partial charge in [-0.05, 0) is 33.1 Å². The van der Waals surface area contributed by atoms with Crippen molar-refractivity contribution in [2.24, 2.45) is 0 Å². The van der Waals surface area contributed by atoms with Gasteiger partial charge in [0.05, 0.1) is 0 Å². The predicted octanol–water partition coefficient (Wildman–Crippen LogP) is 0.912. The van der Waals surface area contributed by atoms with E-state index >= 15 is 0 Å². The lowest BCUT2D eigenvalue weighted by molar-refractivity contribution is -0.138. The van der Waals surface area contributed by atoms with E-state index in [-0.39, 0.29) is 11.8 Å². The zero-order chi connectivity index (χ0) is 11.4. The average molecular weight is 212 g/mol. The minimum absolute atomic E-state index is 0.0393. The van der Waals surface area contributed by atoms with Crippen LogP contribution in [-0.4, -0.2) is 35.3 Å².